The maximum absolute atomic E-state index is 5.35. The molecular weight excluding hydrogens is 222 g/mol. The molecule has 3 aromatic rings. The highest BCUT2D eigenvalue weighted by atomic mass is 15.2. The van der Waals surface area contributed by atoms with Gasteiger partial charge in [-0.3, -0.25) is 0 Å². The summed E-state index contributed by atoms with van der Waals surface area (Å²) in [5.74, 6) is 6.03. The molecule has 1 aromatic heterocycles. The molecule has 0 saturated carbocycles. The summed E-state index contributed by atoms with van der Waals surface area (Å²) in [5, 5.41) is 1.11. The molecule has 0 aliphatic rings. The summed E-state index contributed by atoms with van der Waals surface area (Å²) in [5.41, 5.74) is 5.89. The third-order valence-electron chi connectivity index (χ3n) is 2.94. The van der Waals surface area contributed by atoms with Crippen molar-refractivity contribution in [1.29, 1.82) is 0 Å². The molecule has 0 unspecified atom stereocenters. The first-order valence-electron chi connectivity index (χ1n) is 5.80. The highest BCUT2D eigenvalue weighted by Gasteiger charge is 2.01. The lowest BCUT2D eigenvalue weighted by atomic mass is 10.0. The molecule has 0 aliphatic carbocycles. The zero-order valence-electron chi connectivity index (χ0n) is 9.80. The molecule has 3 nitrogen and oxygen atoms in total. The fourth-order valence-electron chi connectivity index (χ4n) is 2.02. The molecule has 0 fully saturated rings. The van der Waals surface area contributed by atoms with E-state index in [1.54, 1.807) is 0 Å². The van der Waals surface area contributed by atoms with Crippen molar-refractivity contribution in [2.24, 2.45) is 5.84 Å². The first-order valence-corrected chi connectivity index (χ1v) is 5.80. The minimum atomic E-state index is 0.676. The van der Waals surface area contributed by atoms with Gasteiger partial charge < -0.3 is 5.43 Å². The first-order chi connectivity index (χ1) is 8.86. The Hall–Kier alpha value is -2.39. The number of anilines is 1. The van der Waals surface area contributed by atoms with Crippen LogP contribution < -0.4 is 11.3 Å². The summed E-state index contributed by atoms with van der Waals surface area (Å²) in [6.45, 7) is 0. The number of fused-ring (bicyclic) bond motifs is 1. The van der Waals surface area contributed by atoms with Crippen LogP contribution in [0.2, 0.25) is 0 Å². The third kappa shape index (κ3) is 1.92. The third-order valence-corrected chi connectivity index (χ3v) is 2.94. The number of nitrogen functional groups attached to an aromatic ring is 1. The Labute approximate surface area is 105 Å². The summed E-state index contributed by atoms with van der Waals surface area (Å²) < 4.78 is 0. The van der Waals surface area contributed by atoms with Crippen molar-refractivity contribution in [3.63, 3.8) is 0 Å². The molecule has 88 valence electrons. The minimum absolute atomic E-state index is 0.676. The number of pyridine rings is 1. The van der Waals surface area contributed by atoms with E-state index < -0.39 is 0 Å². The minimum Gasteiger partial charge on any atom is -0.308 e. The van der Waals surface area contributed by atoms with Crippen molar-refractivity contribution in [2.75, 3.05) is 5.43 Å². The maximum atomic E-state index is 5.35. The van der Waals surface area contributed by atoms with Crippen LogP contribution in [0.1, 0.15) is 0 Å². The van der Waals surface area contributed by atoms with Crippen LogP contribution in [0.5, 0.6) is 0 Å². The second-order valence-corrected chi connectivity index (χ2v) is 4.11. The van der Waals surface area contributed by atoms with Crippen LogP contribution in [-0.2, 0) is 0 Å². The van der Waals surface area contributed by atoms with Gasteiger partial charge in [0.1, 0.15) is 5.82 Å². The highest BCUT2D eigenvalue weighted by Crippen LogP contribution is 2.24. The number of nitrogens with zero attached hydrogens (tertiary/aromatic N) is 1. The fourth-order valence-corrected chi connectivity index (χ4v) is 2.02. The summed E-state index contributed by atoms with van der Waals surface area (Å²) in [6.07, 6.45) is 0. The molecule has 0 radical (unpaired) electrons. The topological polar surface area (TPSA) is 50.9 Å². The average Bonchev–Trinajstić information content (AvgIpc) is 2.47. The van der Waals surface area contributed by atoms with Crippen molar-refractivity contribution < 1.29 is 0 Å². The van der Waals surface area contributed by atoms with Crippen LogP contribution in [0.3, 0.4) is 0 Å². The maximum Gasteiger partial charge on any atom is 0.140 e. The van der Waals surface area contributed by atoms with Crippen LogP contribution in [0.4, 0.5) is 5.82 Å². The van der Waals surface area contributed by atoms with E-state index in [1.807, 2.05) is 36.4 Å². The van der Waals surface area contributed by atoms with Crippen molar-refractivity contribution in [3.8, 4) is 11.1 Å². The summed E-state index contributed by atoms with van der Waals surface area (Å²) in [7, 11) is 0. The van der Waals surface area contributed by atoms with Crippen LogP contribution in [-0.4, -0.2) is 4.98 Å². The van der Waals surface area contributed by atoms with E-state index in [9.17, 15) is 0 Å². The standard InChI is InChI=1S/C15H13N3/c16-18-15-9-7-13-10-12(6-8-14(13)17-15)11-4-2-1-3-5-11/h1-10H,16H2,(H,17,18). The average molecular weight is 235 g/mol. The first kappa shape index (κ1) is 10.7. The quantitative estimate of drug-likeness (QED) is 0.530. The predicted octanol–water partition coefficient (Wildman–Crippen LogP) is 3.19. The summed E-state index contributed by atoms with van der Waals surface area (Å²) >= 11 is 0. The molecule has 3 N–H and O–H groups in total. The Kier molecular flexibility index (Phi) is 2.67. The van der Waals surface area contributed by atoms with Gasteiger partial charge in [-0.25, -0.2) is 10.8 Å². The van der Waals surface area contributed by atoms with E-state index >= 15 is 0 Å². The molecule has 0 atom stereocenters. The second-order valence-electron chi connectivity index (χ2n) is 4.11. The molecule has 0 bridgehead atoms. The normalized spacial score (nSPS) is 10.5. The number of hydrogen-bond acceptors (Lipinski definition) is 3. The number of nitrogens with one attached hydrogen (secondary N) is 1. The monoisotopic (exact) mass is 235 g/mol. The van der Waals surface area contributed by atoms with Gasteiger partial charge in [-0.2, -0.15) is 0 Å². The van der Waals surface area contributed by atoms with Crippen molar-refractivity contribution in [3.05, 3.63) is 60.7 Å². The molecule has 0 amide bonds. The van der Waals surface area contributed by atoms with Crippen LogP contribution in [0, 0.1) is 0 Å². The van der Waals surface area contributed by atoms with Crippen LogP contribution in [0.15, 0.2) is 60.7 Å². The van der Waals surface area contributed by atoms with E-state index in [0.29, 0.717) is 5.82 Å². The molecular formula is C15H13N3. The molecule has 3 rings (SSSR count). The predicted molar refractivity (Wildman–Crippen MR) is 75.0 cm³/mol. The number of hydrazine groups is 1. The van der Waals surface area contributed by atoms with E-state index in [0.717, 1.165) is 10.9 Å². The fraction of sp³-hybridized carbons (Fsp3) is 0. The van der Waals surface area contributed by atoms with Crippen LogP contribution in [0.25, 0.3) is 22.0 Å². The Morgan fingerprint density at radius 2 is 1.67 bits per heavy atom. The van der Waals surface area contributed by atoms with Crippen molar-refractivity contribution in [2.45, 2.75) is 0 Å². The van der Waals surface area contributed by atoms with Gasteiger partial charge in [0.2, 0.25) is 0 Å². The van der Waals surface area contributed by atoms with E-state index in [1.165, 1.54) is 11.1 Å². The molecule has 0 aliphatic heterocycles. The smallest absolute Gasteiger partial charge is 0.140 e. The lowest BCUT2D eigenvalue weighted by molar-refractivity contribution is 1.26. The van der Waals surface area contributed by atoms with E-state index in [2.05, 4.69) is 34.7 Å². The highest BCUT2D eigenvalue weighted by molar-refractivity contribution is 5.85. The summed E-state index contributed by atoms with van der Waals surface area (Å²) in [6, 6.07) is 20.4. The van der Waals surface area contributed by atoms with Crippen molar-refractivity contribution >= 4 is 16.7 Å². The van der Waals surface area contributed by atoms with Gasteiger partial charge in [0, 0.05) is 5.39 Å². The van der Waals surface area contributed by atoms with Gasteiger partial charge in [0.15, 0.2) is 0 Å². The van der Waals surface area contributed by atoms with Gasteiger partial charge in [-0.1, -0.05) is 36.4 Å². The Bertz CT molecular complexity index is 678. The number of nitrogens with two attached hydrogens (primary N) is 1. The number of hydrogen-bond donors (Lipinski definition) is 2. The zero-order chi connectivity index (χ0) is 12.4. The van der Waals surface area contributed by atoms with Crippen LogP contribution >= 0.6 is 0 Å². The SMILES string of the molecule is NNc1ccc2cc(-c3ccccc3)ccc2n1. The lowest BCUT2D eigenvalue weighted by Gasteiger charge is -2.05. The van der Waals surface area contributed by atoms with Gasteiger partial charge in [-0.05, 0) is 35.4 Å². The van der Waals surface area contributed by atoms with E-state index in [-0.39, 0.29) is 0 Å². The molecule has 0 spiro atoms. The number of benzene rings is 2. The molecule has 0 saturated heterocycles. The lowest BCUT2D eigenvalue weighted by Crippen LogP contribution is -2.08. The van der Waals surface area contributed by atoms with Gasteiger partial charge >= 0.3 is 0 Å². The second kappa shape index (κ2) is 4.47. The molecule has 2 aromatic carbocycles. The van der Waals surface area contributed by atoms with Gasteiger partial charge in [0.05, 0.1) is 5.52 Å². The number of aromatic nitrogens is 1. The Morgan fingerprint density at radius 3 is 2.44 bits per heavy atom. The number of rotatable bonds is 2. The molecule has 18 heavy (non-hydrogen) atoms. The van der Waals surface area contributed by atoms with E-state index in [4.69, 9.17) is 5.84 Å². The largest absolute Gasteiger partial charge is 0.308 e. The van der Waals surface area contributed by atoms with Crippen molar-refractivity contribution in [1.82, 2.24) is 4.98 Å². The summed E-state index contributed by atoms with van der Waals surface area (Å²) in [4.78, 5) is 4.39. The van der Waals surface area contributed by atoms with Gasteiger partial charge in [0.25, 0.3) is 0 Å². The Morgan fingerprint density at radius 1 is 0.833 bits per heavy atom. The zero-order valence-corrected chi connectivity index (χ0v) is 9.80. The molecule has 1 heterocycles. The van der Waals surface area contributed by atoms with Gasteiger partial charge in [-0.15, -0.1) is 0 Å². The Balaban J connectivity index is 2.12. The molecule has 3 heteroatoms.